The Morgan fingerprint density at radius 2 is 1.80 bits per heavy atom. The quantitative estimate of drug-likeness (QED) is 0.446. The first-order valence-corrected chi connectivity index (χ1v) is 9.32. The summed E-state index contributed by atoms with van der Waals surface area (Å²) in [6.07, 6.45) is 0.801. The van der Waals surface area contributed by atoms with Gasteiger partial charge >= 0.3 is 0 Å². The van der Waals surface area contributed by atoms with Crippen LogP contribution < -0.4 is 0 Å². The fourth-order valence-corrected chi connectivity index (χ4v) is 6.74. The first kappa shape index (κ1) is 17.7. The molecule has 25 heavy (non-hydrogen) atoms. The van der Waals surface area contributed by atoms with Crippen LogP contribution in [0.25, 0.3) is 0 Å². The lowest BCUT2D eigenvalue weighted by molar-refractivity contribution is -0.215. The zero-order chi connectivity index (χ0) is 18.5. The molecule has 5 heteroatoms. The molecule has 2 bridgehead atoms. The number of hydrogen-bond acceptors (Lipinski definition) is 5. The lowest BCUT2D eigenvalue weighted by Crippen LogP contribution is -2.66. The molecule has 0 saturated heterocycles. The molecule has 2 unspecified atom stereocenters. The molecule has 0 heterocycles. The Bertz CT molecular complexity index is 667. The Hall–Kier alpha value is -0.720. The van der Waals surface area contributed by atoms with Gasteiger partial charge in [-0.25, -0.2) is 0 Å². The highest BCUT2D eigenvalue weighted by Crippen LogP contribution is 2.72. The minimum Gasteiger partial charge on any atom is -0.392 e. The molecular weight excluding hydrogens is 320 g/mol. The van der Waals surface area contributed by atoms with Gasteiger partial charge in [-0.1, -0.05) is 32.9 Å². The van der Waals surface area contributed by atoms with E-state index in [1.807, 2.05) is 6.92 Å². The molecule has 1 spiro atoms. The fourth-order valence-electron chi connectivity index (χ4n) is 6.74. The van der Waals surface area contributed by atoms with Crippen LogP contribution in [0.4, 0.5) is 0 Å². The van der Waals surface area contributed by atoms with Crippen LogP contribution in [-0.2, 0) is 0 Å². The van der Waals surface area contributed by atoms with Crippen molar-refractivity contribution in [3.05, 3.63) is 23.3 Å². The molecular formula is C20H30O5. The van der Waals surface area contributed by atoms with Gasteiger partial charge in [0.2, 0.25) is 0 Å². The number of aliphatic hydroxyl groups is 5. The zero-order valence-electron chi connectivity index (χ0n) is 15.3. The first-order chi connectivity index (χ1) is 11.5. The molecule has 0 amide bonds. The summed E-state index contributed by atoms with van der Waals surface area (Å²) in [5, 5.41) is 54.7. The van der Waals surface area contributed by atoms with Crippen molar-refractivity contribution in [1.29, 1.82) is 0 Å². The summed E-state index contributed by atoms with van der Waals surface area (Å²) >= 11 is 0. The number of hydrogen-bond donors (Lipinski definition) is 5. The molecule has 140 valence electrons. The normalized spacial score (nSPS) is 56.1. The Balaban J connectivity index is 1.98. The average molecular weight is 350 g/mol. The fraction of sp³-hybridized carbons (Fsp3) is 0.800. The van der Waals surface area contributed by atoms with Gasteiger partial charge in [-0.3, -0.25) is 0 Å². The van der Waals surface area contributed by atoms with E-state index in [4.69, 9.17) is 0 Å². The van der Waals surface area contributed by atoms with Gasteiger partial charge in [0.05, 0.1) is 18.1 Å². The predicted molar refractivity (Wildman–Crippen MR) is 92.4 cm³/mol. The van der Waals surface area contributed by atoms with E-state index in [9.17, 15) is 25.5 Å². The number of rotatable bonds is 1. The molecule has 2 fully saturated rings. The first-order valence-electron chi connectivity index (χ1n) is 9.32. The smallest absolute Gasteiger partial charge is 0.136 e. The highest BCUT2D eigenvalue weighted by atomic mass is 16.4. The van der Waals surface area contributed by atoms with Gasteiger partial charge in [0.15, 0.2) is 0 Å². The molecule has 2 saturated carbocycles. The van der Waals surface area contributed by atoms with Crippen LogP contribution >= 0.6 is 0 Å². The molecule has 4 aliphatic rings. The standard InChI is InChI=1S/C20H30O5/c1-9-7-19-10(2)5-13-14(18(13,3)4)12(17(19)24)6-11(8-21)16(23)20(19,25)15(9)22/h6-7,10,12-17,21-25H,5,8H2,1-4H3/t10-,12+,13-,14?,15+,16-,17?,19+,20-/m1/s1. The van der Waals surface area contributed by atoms with Gasteiger partial charge in [0.1, 0.15) is 17.8 Å². The second-order valence-corrected chi connectivity index (χ2v) is 9.46. The van der Waals surface area contributed by atoms with Crippen molar-refractivity contribution in [2.45, 2.75) is 58.0 Å². The highest BCUT2D eigenvalue weighted by molar-refractivity contribution is 5.42. The van der Waals surface area contributed by atoms with Crippen molar-refractivity contribution in [2.24, 2.45) is 34.5 Å². The Morgan fingerprint density at radius 3 is 2.40 bits per heavy atom. The highest BCUT2D eigenvalue weighted by Gasteiger charge is 2.75. The number of fused-ring (bicyclic) bond motifs is 3. The average Bonchev–Trinajstić information content (AvgIpc) is 3.05. The van der Waals surface area contributed by atoms with Gasteiger partial charge in [0.25, 0.3) is 0 Å². The van der Waals surface area contributed by atoms with Crippen molar-refractivity contribution in [2.75, 3.05) is 6.61 Å². The monoisotopic (exact) mass is 350 g/mol. The minimum atomic E-state index is -1.93. The summed E-state index contributed by atoms with van der Waals surface area (Å²) in [6.45, 7) is 7.72. The van der Waals surface area contributed by atoms with Crippen LogP contribution in [0.2, 0.25) is 0 Å². The molecule has 5 nitrogen and oxygen atoms in total. The molecule has 0 aromatic carbocycles. The van der Waals surface area contributed by atoms with E-state index in [2.05, 4.69) is 13.8 Å². The van der Waals surface area contributed by atoms with Crippen molar-refractivity contribution < 1.29 is 25.5 Å². The molecule has 0 radical (unpaired) electrons. The second-order valence-electron chi connectivity index (χ2n) is 9.46. The van der Waals surface area contributed by atoms with Crippen LogP contribution in [-0.4, -0.2) is 56.1 Å². The summed E-state index contributed by atoms with van der Waals surface area (Å²) in [6, 6.07) is 0. The van der Waals surface area contributed by atoms with Crippen molar-refractivity contribution in [1.82, 2.24) is 0 Å². The summed E-state index contributed by atoms with van der Waals surface area (Å²) < 4.78 is 0. The summed E-state index contributed by atoms with van der Waals surface area (Å²) in [5.41, 5.74) is -2.11. The van der Waals surface area contributed by atoms with Crippen molar-refractivity contribution >= 4 is 0 Å². The van der Waals surface area contributed by atoms with Crippen LogP contribution in [0.5, 0.6) is 0 Å². The molecule has 5 N–H and O–H groups in total. The SMILES string of the molecule is CC1=C[C@]23C(O)[C@@H](C=C(CO)[C@@H](O)[C@]2(O)[C@H]1O)C1[C@@H](C[C@H]3C)C1(C)C. The summed E-state index contributed by atoms with van der Waals surface area (Å²) in [7, 11) is 0. The summed E-state index contributed by atoms with van der Waals surface area (Å²) in [4.78, 5) is 0. The van der Waals surface area contributed by atoms with Crippen LogP contribution in [0.3, 0.4) is 0 Å². The van der Waals surface area contributed by atoms with Gasteiger partial charge < -0.3 is 25.5 Å². The van der Waals surface area contributed by atoms with E-state index in [1.54, 1.807) is 19.1 Å². The van der Waals surface area contributed by atoms with Gasteiger partial charge in [-0.15, -0.1) is 0 Å². The van der Waals surface area contributed by atoms with Crippen molar-refractivity contribution in [3.63, 3.8) is 0 Å². The zero-order valence-corrected chi connectivity index (χ0v) is 15.3. The Kier molecular flexibility index (Phi) is 3.51. The number of aliphatic hydroxyl groups excluding tert-OH is 4. The van der Waals surface area contributed by atoms with E-state index in [-0.39, 0.29) is 23.2 Å². The topological polar surface area (TPSA) is 101 Å². The van der Waals surface area contributed by atoms with Gasteiger partial charge in [-0.2, -0.15) is 0 Å². The van der Waals surface area contributed by atoms with E-state index >= 15 is 0 Å². The molecule has 0 aromatic heterocycles. The second kappa shape index (κ2) is 4.96. The van der Waals surface area contributed by atoms with E-state index < -0.39 is 35.9 Å². The largest absolute Gasteiger partial charge is 0.392 e. The van der Waals surface area contributed by atoms with Gasteiger partial charge in [-0.05, 0) is 47.7 Å². The maximum Gasteiger partial charge on any atom is 0.136 e. The molecule has 0 aromatic rings. The van der Waals surface area contributed by atoms with Crippen molar-refractivity contribution in [3.8, 4) is 0 Å². The molecule has 0 aliphatic heterocycles. The Morgan fingerprint density at radius 1 is 1.16 bits per heavy atom. The van der Waals surface area contributed by atoms with Crippen LogP contribution in [0, 0.1) is 34.5 Å². The van der Waals surface area contributed by atoms with Gasteiger partial charge in [0, 0.05) is 5.92 Å². The maximum absolute atomic E-state index is 11.6. The van der Waals surface area contributed by atoms with E-state index in [1.165, 1.54) is 0 Å². The van der Waals surface area contributed by atoms with E-state index in [0.717, 1.165) is 6.42 Å². The molecule has 9 atom stereocenters. The molecule has 4 aliphatic carbocycles. The molecule has 4 rings (SSSR count). The third-order valence-corrected chi connectivity index (χ3v) is 8.20. The summed E-state index contributed by atoms with van der Waals surface area (Å²) in [5.74, 6) is 0.292. The van der Waals surface area contributed by atoms with Crippen LogP contribution in [0.15, 0.2) is 23.3 Å². The van der Waals surface area contributed by atoms with E-state index in [0.29, 0.717) is 17.1 Å². The third-order valence-electron chi connectivity index (χ3n) is 8.20. The lowest BCUT2D eigenvalue weighted by atomic mass is 9.58. The van der Waals surface area contributed by atoms with Crippen LogP contribution in [0.1, 0.15) is 34.1 Å². The Labute approximate surface area is 148 Å². The predicted octanol–water partition coefficient (Wildman–Crippen LogP) is 0.607. The third kappa shape index (κ3) is 1.77. The minimum absolute atomic E-state index is 0.0853. The lowest BCUT2D eigenvalue weighted by Gasteiger charge is -2.51. The maximum atomic E-state index is 11.6.